The topological polar surface area (TPSA) is 0 Å². The maximum atomic E-state index is 2.12. The van der Waals surface area contributed by atoms with Crippen LogP contribution in [0.25, 0.3) is 21.5 Å². The Kier molecular flexibility index (Phi) is 8.45. The molecule has 104 valence electrons. The van der Waals surface area contributed by atoms with E-state index in [0.717, 1.165) is 0 Å². The average Bonchev–Trinajstić information content (AvgIpc) is 3.08. The zero-order valence-corrected chi connectivity index (χ0v) is 12.9. The smallest absolute Gasteiger partial charge is 1.00 e. The van der Waals surface area contributed by atoms with Crippen LogP contribution in [-0.4, -0.2) is 0 Å². The normalized spacial score (nSPS) is 8.76. The number of hydrogen-bond donors (Lipinski definition) is 0. The standard InChI is InChI=1S/2C9H7.2FH.Ti/c2*1-2-5-9-7-3-6-8(9)4-1;;;/h2*1-7H;2*1H;/q2*-1;;;+4/p-2. The molecule has 0 heterocycles. The van der Waals surface area contributed by atoms with E-state index in [1.807, 2.05) is 0 Å². The maximum Gasteiger partial charge on any atom is 4.00 e. The average molecular weight is 316 g/mol. The molecule has 0 nitrogen and oxygen atoms in total. The molecule has 0 bridgehead atoms. The summed E-state index contributed by atoms with van der Waals surface area (Å²) < 4.78 is 0. The number of fused-ring (bicyclic) bond motifs is 2. The van der Waals surface area contributed by atoms with Crippen LogP contribution in [-0.2, 0) is 21.7 Å². The monoisotopic (exact) mass is 316 g/mol. The van der Waals surface area contributed by atoms with Crippen molar-refractivity contribution in [3.05, 3.63) is 84.9 Å². The number of hydrogen-bond acceptors (Lipinski definition) is 0. The van der Waals surface area contributed by atoms with Crippen LogP contribution < -0.4 is 9.41 Å². The molecule has 3 heteroatoms. The van der Waals surface area contributed by atoms with Crippen LogP contribution in [0.2, 0.25) is 0 Å². The van der Waals surface area contributed by atoms with Crippen LogP contribution in [0, 0.1) is 0 Å². The van der Waals surface area contributed by atoms with Crippen LogP contribution in [0.1, 0.15) is 0 Å². The van der Waals surface area contributed by atoms with Gasteiger partial charge < -0.3 is 9.41 Å². The predicted octanol–water partition coefficient (Wildman–Crippen LogP) is -0.877. The first kappa shape index (κ1) is 19.2. The second-order valence-electron chi connectivity index (χ2n) is 4.31. The van der Waals surface area contributed by atoms with Crippen LogP contribution in [0.4, 0.5) is 0 Å². The molecule has 21 heavy (non-hydrogen) atoms. The second-order valence-corrected chi connectivity index (χ2v) is 4.31. The third-order valence-electron chi connectivity index (χ3n) is 3.10. The van der Waals surface area contributed by atoms with Crippen molar-refractivity contribution in [3.63, 3.8) is 0 Å². The van der Waals surface area contributed by atoms with Crippen LogP contribution in [0.3, 0.4) is 0 Å². The summed E-state index contributed by atoms with van der Waals surface area (Å²) in [5.74, 6) is 0. The molecule has 0 amide bonds. The van der Waals surface area contributed by atoms with E-state index in [0.29, 0.717) is 0 Å². The fourth-order valence-corrected chi connectivity index (χ4v) is 2.14. The molecular formula is C18H14F2Ti. The van der Waals surface area contributed by atoms with Gasteiger partial charge >= 0.3 is 21.7 Å². The fraction of sp³-hybridized carbons (Fsp3) is 0. The van der Waals surface area contributed by atoms with Crippen molar-refractivity contribution < 1.29 is 31.1 Å². The van der Waals surface area contributed by atoms with Gasteiger partial charge in [-0.05, 0) is 0 Å². The quantitative estimate of drug-likeness (QED) is 0.292. The molecular weight excluding hydrogens is 302 g/mol. The van der Waals surface area contributed by atoms with E-state index in [-0.39, 0.29) is 31.1 Å². The minimum Gasteiger partial charge on any atom is -1.00 e. The van der Waals surface area contributed by atoms with Gasteiger partial charge in [0.1, 0.15) is 0 Å². The molecule has 0 atom stereocenters. The first-order valence-corrected chi connectivity index (χ1v) is 6.14. The summed E-state index contributed by atoms with van der Waals surface area (Å²) in [4.78, 5) is 0. The Morgan fingerprint density at radius 2 is 0.905 bits per heavy atom. The van der Waals surface area contributed by atoms with Gasteiger partial charge in [0.15, 0.2) is 0 Å². The van der Waals surface area contributed by atoms with Gasteiger partial charge in [0, 0.05) is 0 Å². The Bertz CT molecular complexity index is 629. The number of rotatable bonds is 0. The molecule has 0 aliphatic heterocycles. The molecule has 0 aliphatic rings. The van der Waals surface area contributed by atoms with Crippen molar-refractivity contribution in [2.24, 2.45) is 0 Å². The van der Waals surface area contributed by atoms with E-state index in [2.05, 4.69) is 84.9 Å². The van der Waals surface area contributed by atoms with Gasteiger partial charge in [-0.25, -0.2) is 0 Å². The van der Waals surface area contributed by atoms with Crippen molar-refractivity contribution >= 4 is 21.5 Å². The molecule has 0 aliphatic carbocycles. The molecule has 0 spiro atoms. The van der Waals surface area contributed by atoms with E-state index in [1.54, 1.807) is 0 Å². The van der Waals surface area contributed by atoms with E-state index < -0.39 is 0 Å². The largest absolute Gasteiger partial charge is 4.00 e. The molecule has 0 N–H and O–H groups in total. The van der Waals surface area contributed by atoms with Gasteiger partial charge in [-0.3, -0.25) is 0 Å². The minimum absolute atomic E-state index is 0. The van der Waals surface area contributed by atoms with Gasteiger partial charge in [0.25, 0.3) is 0 Å². The molecule has 4 rings (SSSR count). The Morgan fingerprint density at radius 1 is 0.524 bits per heavy atom. The summed E-state index contributed by atoms with van der Waals surface area (Å²) in [7, 11) is 0. The number of benzene rings is 2. The summed E-state index contributed by atoms with van der Waals surface area (Å²) in [5, 5.41) is 5.32. The summed E-state index contributed by atoms with van der Waals surface area (Å²) >= 11 is 0. The van der Waals surface area contributed by atoms with E-state index in [1.165, 1.54) is 21.5 Å². The van der Waals surface area contributed by atoms with Crippen LogP contribution in [0.15, 0.2) is 84.9 Å². The van der Waals surface area contributed by atoms with E-state index in [9.17, 15) is 0 Å². The zero-order chi connectivity index (χ0) is 12.2. The Labute approximate surface area is 137 Å². The molecule has 4 aromatic carbocycles. The van der Waals surface area contributed by atoms with Crippen molar-refractivity contribution in [1.29, 1.82) is 0 Å². The minimum atomic E-state index is 0. The summed E-state index contributed by atoms with van der Waals surface area (Å²) in [6.07, 6.45) is 0. The van der Waals surface area contributed by atoms with E-state index >= 15 is 0 Å². The molecule has 0 radical (unpaired) electrons. The molecule has 4 aromatic rings. The van der Waals surface area contributed by atoms with Crippen molar-refractivity contribution in [1.82, 2.24) is 0 Å². The van der Waals surface area contributed by atoms with Gasteiger partial charge in [-0.1, -0.05) is 12.1 Å². The second kappa shape index (κ2) is 9.22. The van der Waals surface area contributed by atoms with Crippen molar-refractivity contribution in [2.45, 2.75) is 0 Å². The van der Waals surface area contributed by atoms with Gasteiger partial charge in [0.2, 0.25) is 0 Å². The third kappa shape index (κ3) is 4.63. The fourth-order valence-electron chi connectivity index (χ4n) is 2.14. The molecule has 0 saturated heterocycles. The Balaban J connectivity index is 0.000000333. The maximum absolute atomic E-state index is 2.12. The summed E-state index contributed by atoms with van der Waals surface area (Å²) in [6.45, 7) is 0. The van der Waals surface area contributed by atoms with Crippen molar-refractivity contribution in [2.75, 3.05) is 0 Å². The van der Waals surface area contributed by atoms with Crippen LogP contribution in [0.5, 0.6) is 0 Å². The SMILES string of the molecule is [F-].[F-].[Ti+4].c1ccc2[cH-]ccc2c1.c1ccc2[cH-]ccc2c1. The predicted molar refractivity (Wildman–Crippen MR) is 79.1 cm³/mol. The third-order valence-corrected chi connectivity index (χ3v) is 3.10. The van der Waals surface area contributed by atoms with Gasteiger partial charge in [-0.15, -0.1) is 59.3 Å². The molecule has 0 unspecified atom stereocenters. The molecule has 0 saturated carbocycles. The van der Waals surface area contributed by atoms with E-state index in [4.69, 9.17) is 0 Å². The Morgan fingerprint density at radius 3 is 1.29 bits per heavy atom. The number of halogens is 2. The van der Waals surface area contributed by atoms with Gasteiger partial charge in [0.05, 0.1) is 0 Å². The zero-order valence-electron chi connectivity index (χ0n) is 11.3. The first-order chi connectivity index (χ1) is 8.93. The van der Waals surface area contributed by atoms with Crippen molar-refractivity contribution in [3.8, 4) is 0 Å². The van der Waals surface area contributed by atoms with Gasteiger partial charge in [-0.2, -0.15) is 35.0 Å². The summed E-state index contributed by atoms with van der Waals surface area (Å²) in [5.41, 5.74) is 0. The summed E-state index contributed by atoms with van der Waals surface area (Å²) in [6, 6.07) is 29.3. The van der Waals surface area contributed by atoms with Crippen LogP contribution >= 0.6 is 0 Å². The molecule has 0 aromatic heterocycles. The Hall–Kier alpha value is -1.77. The molecule has 0 fully saturated rings. The first-order valence-electron chi connectivity index (χ1n) is 6.14.